The molecular formula is C14H19N3S. The molecule has 2 heterocycles. The Labute approximate surface area is 112 Å². The van der Waals surface area contributed by atoms with Crippen LogP contribution in [-0.4, -0.2) is 36.6 Å². The van der Waals surface area contributed by atoms with Crippen molar-refractivity contribution in [2.24, 2.45) is 5.92 Å². The first-order chi connectivity index (χ1) is 8.75. The molecule has 2 aromatic rings. The van der Waals surface area contributed by atoms with E-state index in [2.05, 4.69) is 46.8 Å². The van der Waals surface area contributed by atoms with Crippen LogP contribution in [0.3, 0.4) is 0 Å². The van der Waals surface area contributed by atoms with Crippen molar-refractivity contribution in [1.29, 1.82) is 0 Å². The van der Waals surface area contributed by atoms with Gasteiger partial charge in [-0.1, -0.05) is 0 Å². The van der Waals surface area contributed by atoms with Crippen molar-refractivity contribution in [2.75, 3.05) is 26.0 Å². The van der Waals surface area contributed by atoms with E-state index < -0.39 is 0 Å². The number of thiophene rings is 1. The predicted molar refractivity (Wildman–Crippen MR) is 78.3 cm³/mol. The molecule has 1 atom stereocenters. The van der Waals surface area contributed by atoms with Crippen LogP contribution >= 0.6 is 11.3 Å². The number of nitrogens with zero attached hydrogens (tertiary/aromatic N) is 2. The lowest BCUT2D eigenvalue weighted by Crippen LogP contribution is -2.36. The third-order valence-corrected chi connectivity index (χ3v) is 4.61. The van der Waals surface area contributed by atoms with E-state index in [1.54, 1.807) is 11.3 Å². The standard InChI is InChI=1S/C14H19N3S/c1-17(2)13(10-3-4-10)9-16-11-5-7-15-12-6-8-18-14(11)12/h5-8,10,13H,3-4,9H2,1-2H3,(H,15,16). The van der Waals surface area contributed by atoms with E-state index in [9.17, 15) is 0 Å². The van der Waals surface area contributed by atoms with E-state index in [-0.39, 0.29) is 0 Å². The molecule has 1 aliphatic carbocycles. The maximum absolute atomic E-state index is 4.37. The zero-order valence-corrected chi connectivity index (χ0v) is 11.7. The van der Waals surface area contributed by atoms with Crippen molar-refractivity contribution in [3.05, 3.63) is 23.7 Å². The van der Waals surface area contributed by atoms with E-state index in [0.717, 1.165) is 18.0 Å². The highest BCUT2D eigenvalue weighted by Gasteiger charge is 2.32. The Morgan fingerprint density at radius 1 is 1.44 bits per heavy atom. The summed E-state index contributed by atoms with van der Waals surface area (Å²) in [5, 5.41) is 5.71. The molecule has 1 unspecified atom stereocenters. The van der Waals surface area contributed by atoms with Crippen LogP contribution in [0.15, 0.2) is 23.7 Å². The zero-order chi connectivity index (χ0) is 12.5. The summed E-state index contributed by atoms with van der Waals surface area (Å²) in [6, 6.07) is 4.81. The fourth-order valence-electron chi connectivity index (χ4n) is 2.48. The fourth-order valence-corrected chi connectivity index (χ4v) is 3.32. The number of likely N-dealkylation sites (N-methyl/N-ethyl adjacent to an activating group) is 1. The Kier molecular flexibility index (Phi) is 3.22. The van der Waals surface area contributed by atoms with Gasteiger partial charge in [0.1, 0.15) is 0 Å². The first-order valence-corrected chi connectivity index (χ1v) is 7.36. The first kappa shape index (κ1) is 11.9. The Balaban J connectivity index is 1.74. The normalized spacial score (nSPS) is 17.3. The Hall–Kier alpha value is -1.13. The van der Waals surface area contributed by atoms with Crippen molar-refractivity contribution in [1.82, 2.24) is 9.88 Å². The fraction of sp³-hybridized carbons (Fsp3) is 0.500. The molecule has 0 aromatic carbocycles. The number of hydrogen-bond donors (Lipinski definition) is 1. The summed E-state index contributed by atoms with van der Waals surface area (Å²) in [6.07, 6.45) is 4.66. The van der Waals surface area contributed by atoms with Gasteiger partial charge in [-0.3, -0.25) is 4.98 Å². The summed E-state index contributed by atoms with van der Waals surface area (Å²) < 4.78 is 1.27. The lowest BCUT2D eigenvalue weighted by atomic mass is 10.1. The Morgan fingerprint density at radius 2 is 2.28 bits per heavy atom. The third kappa shape index (κ3) is 2.35. The van der Waals surface area contributed by atoms with Crippen LogP contribution in [-0.2, 0) is 0 Å². The smallest absolute Gasteiger partial charge is 0.0830 e. The summed E-state index contributed by atoms with van der Waals surface area (Å²) in [6.45, 7) is 1.02. The van der Waals surface area contributed by atoms with Gasteiger partial charge in [-0.05, 0) is 50.4 Å². The number of aromatic nitrogens is 1. The maximum Gasteiger partial charge on any atom is 0.0830 e. The van der Waals surface area contributed by atoms with Gasteiger partial charge in [0.05, 0.1) is 15.9 Å². The molecule has 18 heavy (non-hydrogen) atoms. The number of hydrogen-bond acceptors (Lipinski definition) is 4. The molecule has 0 amide bonds. The minimum absolute atomic E-state index is 0.646. The van der Waals surface area contributed by atoms with Crippen LogP contribution in [0.1, 0.15) is 12.8 Å². The SMILES string of the molecule is CN(C)C(CNc1ccnc2ccsc12)C1CC1. The second-order valence-corrected chi connectivity index (χ2v) is 6.16. The molecule has 3 nitrogen and oxygen atoms in total. The van der Waals surface area contributed by atoms with Gasteiger partial charge in [0, 0.05) is 18.8 Å². The molecule has 0 saturated heterocycles. The van der Waals surface area contributed by atoms with Crippen molar-refractivity contribution >= 4 is 27.2 Å². The van der Waals surface area contributed by atoms with Gasteiger partial charge in [0.15, 0.2) is 0 Å². The summed E-state index contributed by atoms with van der Waals surface area (Å²) in [5.41, 5.74) is 2.32. The summed E-state index contributed by atoms with van der Waals surface area (Å²) in [5.74, 6) is 0.883. The van der Waals surface area contributed by atoms with Crippen LogP contribution in [0.4, 0.5) is 5.69 Å². The number of fused-ring (bicyclic) bond motifs is 1. The molecule has 2 aromatic heterocycles. The average Bonchev–Trinajstić information content (AvgIpc) is 3.06. The lowest BCUT2D eigenvalue weighted by molar-refractivity contribution is 0.276. The Morgan fingerprint density at radius 3 is 3.00 bits per heavy atom. The highest BCUT2D eigenvalue weighted by molar-refractivity contribution is 7.17. The molecule has 3 rings (SSSR count). The average molecular weight is 261 g/mol. The minimum Gasteiger partial charge on any atom is -0.382 e. The van der Waals surface area contributed by atoms with Gasteiger partial charge in [-0.15, -0.1) is 11.3 Å². The summed E-state index contributed by atoms with van der Waals surface area (Å²) >= 11 is 1.76. The summed E-state index contributed by atoms with van der Waals surface area (Å²) in [7, 11) is 4.36. The maximum atomic E-state index is 4.37. The molecule has 1 fully saturated rings. The largest absolute Gasteiger partial charge is 0.382 e. The van der Waals surface area contributed by atoms with E-state index >= 15 is 0 Å². The first-order valence-electron chi connectivity index (χ1n) is 6.48. The highest BCUT2D eigenvalue weighted by Crippen LogP contribution is 2.35. The van der Waals surface area contributed by atoms with Gasteiger partial charge in [-0.2, -0.15) is 0 Å². The van der Waals surface area contributed by atoms with Crippen molar-refractivity contribution in [3.8, 4) is 0 Å². The predicted octanol–water partition coefficient (Wildman–Crippen LogP) is 3.05. The molecule has 1 saturated carbocycles. The number of nitrogens with one attached hydrogen (secondary N) is 1. The molecule has 4 heteroatoms. The molecule has 96 valence electrons. The quantitative estimate of drug-likeness (QED) is 0.896. The number of rotatable bonds is 5. The molecule has 0 spiro atoms. The third-order valence-electron chi connectivity index (χ3n) is 3.67. The van der Waals surface area contributed by atoms with Gasteiger partial charge in [0.2, 0.25) is 0 Å². The summed E-state index contributed by atoms with van der Waals surface area (Å²) in [4.78, 5) is 6.72. The van der Waals surface area contributed by atoms with Crippen LogP contribution in [0, 0.1) is 5.92 Å². The van der Waals surface area contributed by atoms with E-state index in [1.165, 1.54) is 23.2 Å². The van der Waals surface area contributed by atoms with Crippen LogP contribution in [0.25, 0.3) is 10.2 Å². The van der Waals surface area contributed by atoms with E-state index in [0.29, 0.717) is 6.04 Å². The molecule has 0 aliphatic heterocycles. The van der Waals surface area contributed by atoms with Crippen LogP contribution < -0.4 is 5.32 Å². The van der Waals surface area contributed by atoms with Crippen molar-refractivity contribution in [2.45, 2.75) is 18.9 Å². The highest BCUT2D eigenvalue weighted by atomic mass is 32.1. The number of pyridine rings is 1. The number of anilines is 1. The van der Waals surface area contributed by atoms with Gasteiger partial charge in [0.25, 0.3) is 0 Å². The van der Waals surface area contributed by atoms with Crippen molar-refractivity contribution in [3.63, 3.8) is 0 Å². The topological polar surface area (TPSA) is 28.2 Å². The molecular weight excluding hydrogens is 242 g/mol. The van der Waals surface area contributed by atoms with Crippen LogP contribution in [0.5, 0.6) is 0 Å². The molecule has 1 N–H and O–H groups in total. The van der Waals surface area contributed by atoms with Crippen molar-refractivity contribution < 1.29 is 0 Å². The Bertz CT molecular complexity index is 529. The second kappa shape index (κ2) is 4.86. The lowest BCUT2D eigenvalue weighted by Gasteiger charge is -2.25. The van der Waals surface area contributed by atoms with E-state index in [1.807, 2.05) is 6.20 Å². The molecule has 0 radical (unpaired) electrons. The molecule has 0 bridgehead atoms. The van der Waals surface area contributed by atoms with E-state index in [4.69, 9.17) is 0 Å². The second-order valence-electron chi connectivity index (χ2n) is 5.24. The molecule has 1 aliphatic rings. The van der Waals surface area contributed by atoms with Gasteiger partial charge >= 0.3 is 0 Å². The zero-order valence-electron chi connectivity index (χ0n) is 10.9. The van der Waals surface area contributed by atoms with Crippen LogP contribution in [0.2, 0.25) is 0 Å². The minimum atomic E-state index is 0.646. The van der Waals surface area contributed by atoms with Gasteiger partial charge in [-0.25, -0.2) is 0 Å². The monoisotopic (exact) mass is 261 g/mol. The van der Waals surface area contributed by atoms with Gasteiger partial charge < -0.3 is 10.2 Å².